The van der Waals surface area contributed by atoms with E-state index in [4.69, 9.17) is 16.8 Å². The molecule has 0 aliphatic heterocycles. The lowest BCUT2D eigenvalue weighted by Crippen LogP contribution is -2.27. The Morgan fingerprint density at radius 3 is 2.33 bits per heavy atom. The number of hydrogen-bond donors (Lipinski definition) is 3. The summed E-state index contributed by atoms with van der Waals surface area (Å²) in [6, 6.07) is 10.2. The van der Waals surface area contributed by atoms with E-state index in [2.05, 4.69) is 4.72 Å². The number of hydrogen-bond acceptors (Lipinski definition) is 4. The number of sulfonamides is 1. The molecule has 0 radical (unpaired) electrons. The van der Waals surface area contributed by atoms with E-state index in [-0.39, 0.29) is 10.5 Å². The number of nitrogens with one attached hydrogen (secondary N) is 2. The van der Waals surface area contributed by atoms with Crippen molar-refractivity contribution in [2.24, 2.45) is 0 Å². The second kappa shape index (κ2) is 7.31. The minimum absolute atomic E-state index is 0.0845. The number of rotatable bonds is 5. The second-order valence-electron chi connectivity index (χ2n) is 5.32. The van der Waals surface area contributed by atoms with E-state index in [1.54, 1.807) is 32.0 Å². The van der Waals surface area contributed by atoms with Crippen LogP contribution >= 0.6 is 11.6 Å². The van der Waals surface area contributed by atoms with Gasteiger partial charge in [0.15, 0.2) is 0 Å². The average molecular weight is 369 g/mol. The van der Waals surface area contributed by atoms with Gasteiger partial charge in [-0.1, -0.05) is 29.8 Å². The highest BCUT2D eigenvalue weighted by atomic mass is 35.5. The summed E-state index contributed by atoms with van der Waals surface area (Å²) in [5, 5.41) is 8.97. The second-order valence-corrected chi connectivity index (χ2v) is 7.44. The maximum atomic E-state index is 12.4. The highest BCUT2D eigenvalue weighted by Gasteiger charge is 2.19. The SMILES string of the molecule is Cc1ccc(S(=O)(=O)NC(C)c2ccc(C(=O)NO)cc2)cc1Cl. The fourth-order valence-corrected chi connectivity index (χ4v) is 3.60. The molecule has 0 fully saturated rings. The van der Waals surface area contributed by atoms with E-state index < -0.39 is 22.0 Å². The van der Waals surface area contributed by atoms with Crippen molar-refractivity contribution < 1.29 is 18.4 Å². The van der Waals surface area contributed by atoms with Gasteiger partial charge >= 0.3 is 0 Å². The molecule has 0 spiro atoms. The molecule has 128 valence electrons. The Balaban J connectivity index is 2.19. The van der Waals surface area contributed by atoms with Gasteiger partial charge in [0.25, 0.3) is 5.91 Å². The van der Waals surface area contributed by atoms with Gasteiger partial charge in [0.2, 0.25) is 10.0 Å². The quantitative estimate of drug-likeness (QED) is 0.558. The molecule has 2 aromatic carbocycles. The molecular formula is C16H17ClN2O4S. The first kappa shape index (κ1) is 18.4. The smallest absolute Gasteiger partial charge is 0.274 e. The molecule has 24 heavy (non-hydrogen) atoms. The highest BCUT2D eigenvalue weighted by molar-refractivity contribution is 7.89. The first-order valence-electron chi connectivity index (χ1n) is 7.07. The first-order chi connectivity index (χ1) is 11.2. The molecule has 0 heterocycles. The van der Waals surface area contributed by atoms with Crippen LogP contribution in [-0.2, 0) is 10.0 Å². The molecule has 1 amide bonds. The maximum absolute atomic E-state index is 12.4. The Hall–Kier alpha value is -1.93. The number of hydroxylamine groups is 1. The lowest BCUT2D eigenvalue weighted by atomic mass is 10.1. The Kier molecular flexibility index (Phi) is 5.61. The van der Waals surface area contributed by atoms with Crippen LogP contribution in [-0.4, -0.2) is 19.5 Å². The summed E-state index contributed by atoms with van der Waals surface area (Å²) in [4.78, 5) is 11.4. The lowest BCUT2D eigenvalue weighted by molar-refractivity contribution is 0.0706. The molecule has 0 aliphatic carbocycles. The Morgan fingerprint density at radius 1 is 1.17 bits per heavy atom. The summed E-state index contributed by atoms with van der Waals surface area (Å²) in [7, 11) is -3.73. The molecule has 2 aromatic rings. The third-order valence-corrected chi connectivity index (χ3v) is 5.51. The third-order valence-electron chi connectivity index (χ3n) is 3.56. The molecule has 1 unspecified atom stereocenters. The van der Waals surface area contributed by atoms with Crippen molar-refractivity contribution in [3.63, 3.8) is 0 Å². The van der Waals surface area contributed by atoms with Gasteiger partial charge < -0.3 is 0 Å². The zero-order valence-corrected chi connectivity index (χ0v) is 14.6. The van der Waals surface area contributed by atoms with Crippen LogP contribution < -0.4 is 10.2 Å². The van der Waals surface area contributed by atoms with Gasteiger partial charge in [0.1, 0.15) is 0 Å². The Bertz CT molecular complexity index is 851. The monoisotopic (exact) mass is 368 g/mol. The number of benzene rings is 2. The van der Waals surface area contributed by atoms with Crippen LogP contribution in [0.25, 0.3) is 0 Å². The lowest BCUT2D eigenvalue weighted by Gasteiger charge is -2.15. The van der Waals surface area contributed by atoms with Crippen molar-refractivity contribution in [3.8, 4) is 0 Å². The predicted octanol–water partition coefficient (Wildman–Crippen LogP) is 2.81. The molecular weight excluding hydrogens is 352 g/mol. The summed E-state index contributed by atoms with van der Waals surface area (Å²) in [6.07, 6.45) is 0. The summed E-state index contributed by atoms with van der Waals surface area (Å²) < 4.78 is 27.4. The van der Waals surface area contributed by atoms with Crippen LogP contribution in [0.4, 0.5) is 0 Å². The standard InChI is InChI=1S/C16H17ClN2O4S/c1-10-3-8-14(9-15(10)17)24(22,23)19-11(2)12-4-6-13(7-5-12)16(20)18-21/h3-9,11,19,21H,1-2H3,(H,18,20). The molecule has 6 nitrogen and oxygen atoms in total. The van der Waals surface area contributed by atoms with Crippen molar-refractivity contribution in [2.45, 2.75) is 24.8 Å². The van der Waals surface area contributed by atoms with Crippen molar-refractivity contribution in [2.75, 3.05) is 0 Å². The molecule has 3 N–H and O–H groups in total. The van der Waals surface area contributed by atoms with Gasteiger partial charge in [-0.15, -0.1) is 0 Å². The Morgan fingerprint density at radius 2 is 1.79 bits per heavy atom. The molecule has 0 aliphatic rings. The van der Waals surface area contributed by atoms with Crippen molar-refractivity contribution in [1.29, 1.82) is 0 Å². The number of amides is 1. The summed E-state index contributed by atoms with van der Waals surface area (Å²) >= 11 is 5.98. The third kappa shape index (κ3) is 4.12. The van der Waals surface area contributed by atoms with Crippen LogP contribution in [0.1, 0.15) is 34.5 Å². The minimum Gasteiger partial charge on any atom is -0.288 e. The van der Waals surface area contributed by atoms with Gasteiger partial charge in [0, 0.05) is 16.6 Å². The topological polar surface area (TPSA) is 95.5 Å². The van der Waals surface area contributed by atoms with Crippen LogP contribution in [0, 0.1) is 6.92 Å². The highest BCUT2D eigenvalue weighted by Crippen LogP contribution is 2.22. The van der Waals surface area contributed by atoms with Crippen LogP contribution in [0.5, 0.6) is 0 Å². The van der Waals surface area contributed by atoms with E-state index in [0.29, 0.717) is 10.6 Å². The van der Waals surface area contributed by atoms with Crippen molar-refractivity contribution in [3.05, 3.63) is 64.2 Å². The summed E-state index contributed by atoms with van der Waals surface area (Å²) in [6.45, 7) is 3.48. The van der Waals surface area contributed by atoms with Gasteiger partial charge in [-0.3, -0.25) is 10.0 Å². The minimum atomic E-state index is -3.73. The zero-order chi connectivity index (χ0) is 17.9. The molecule has 2 rings (SSSR count). The van der Waals surface area contributed by atoms with Crippen LogP contribution in [0.2, 0.25) is 5.02 Å². The average Bonchev–Trinajstić information content (AvgIpc) is 2.56. The van der Waals surface area contributed by atoms with Crippen LogP contribution in [0.15, 0.2) is 47.4 Å². The normalized spacial score (nSPS) is 12.7. The molecule has 0 saturated heterocycles. The molecule has 0 aromatic heterocycles. The summed E-state index contributed by atoms with van der Waals surface area (Å²) in [5.41, 5.74) is 3.27. The number of halogens is 1. The summed E-state index contributed by atoms with van der Waals surface area (Å²) in [5.74, 6) is -0.635. The van der Waals surface area contributed by atoms with Crippen molar-refractivity contribution in [1.82, 2.24) is 10.2 Å². The largest absolute Gasteiger partial charge is 0.288 e. The Labute approximate surface area is 145 Å². The number of carbonyl (C=O) groups is 1. The predicted molar refractivity (Wildman–Crippen MR) is 90.6 cm³/mol. The maximum Gasteiger partial charge on any atom is 0.274 e. The van der Waals surface area contributed by atoms with Gasteiger partial charge in [-0.05, 0) is 49.2 Å². The van der Waals surface area contributed by atoms with Crippen molar-refractivity contribution >= 4 is 27.5 Å². The fourth-order valence-electron chi connectivity index (χ4n) is 2.10. The molecule has 1 atom stereocenters. The van der Waals surface area contributed by atoms with Crippen LogP contribution in [0.3, 0.4) is 0 Å². The van der Waals surface area contributed by atoms with E-state index in [1.807, 2.05) is 0 Å². The fraction of sp³-hybridized carbons (Fsp3) is 0.188. The van der Waals surface area contributed by atoms with E-state index in [0.717, 1.165) is 5.56 Å². The van der Waals surface area contributed by atoms with E-state index in [9.17, 15) is 13.2 Å². The molecule has 8 heteroatoms. The number of carbonyl (C=O) groups excluding carboxylic acids is 1. The van der Waals surface area contributed by atoms with Gasteiger partial charge in [-0.25, -0.2) is 18.6 Å². The van der Waals surface area contributed by atoms with Gasteiger partial charge in [0.05, 0.1) is 4.90 Å². The molecule has 0 bridgehead atoms. The zero-order valence-electron chi connectivity index (χ0n) is 13.1. The number of aryl methyl sites for hydroxylation is 1. The van der Waals surface area contributed by atoms with E-state index in [1.165, 1.54) is 29.7 Å². The van der Waals surface area contributed by atoms with Gasteiger partial charge in [-0.2, -0.15) is 0 Å². The van der Waals surface area contributed by atoms with E-state index >= 15 is 0 Å². The first-order valence-corrected chi connectivity index (χ1v) is 8.93. The molecule has 0 saturated carbocycles.